The van der Waals surface area contributed by atoms with Crippen molar-refractivity contribution in [3.63, 3.8) is 0 Å². The number of hydrogen-bond donors (Lipinski definition) is 3. The first-order chi connectivity index (χ1) is 13.9. The first-order valence-corrected chi connectivity index (χ1v) is 9.44. The fraction of sp³-hybridized carbons (Fsp3) is 0.273. The van der Waals surface area contributed by atoms with Gasteiger partial charge in [-0.1, -0.05) is 12.1 Å². The van der Waals surface area contributed by atoms with Gasteiger partial charge in [-0.25, -0.2) is 0 Å². The molecule has 0 aliphatic carbocycles. The largest absolute Gasteiger partial charge is 0.370 e. The zero-order chi connectivity index (χ0) is 21.0. The van der Waals surface area contributed by atoms with Crippen LogP contribution >= 0.6 is 0 Å². The molecule has 0 atom stereocenters. The van der Waals surface area contributed by atoms with E-state index in [-0.39, 0.29) is 11.9 Å². The molecule has 148 valence electrons. The zero-order valence-corrected chi connectivity index (χ0v) is 16.2. The van der Waals surface area contributed by atoms with Crippen LogP contribution < -0.4 is 11.1 Å². The van der Waals surface area contributed by atoms with Gasteiger partial charge in [0.2, 0.25) is 0 Å². The SMILES string of the molecule is Cc1cc(C(=O)NC(=N)N)ccc1C1CCN(C(=O)c2cccc(C#N)c2)CC1. The molecule has 4 N–H and O–H groups in total. The lowest BCUT2D eigenvalue weighted by atomic mass is 9.86. The summed E-state index contributed by atoms with van der Waals surface area (Å²) in [5.74, 6) is -0.510. The number of nitrogens with two attached hydrogens (primary N) is 1. The number of rotatable bonds is 3. The molecule has 0 bridgehead atoms. The second kappa shape index (κ2) is 8.57. The molecule has 2 aromatic rings. The lowest BCUT2D eigenvalue weighted by molar-refractivity contribution is 0.0712. The number of nitrogens with one attached hydrogen (secondary N) is 2. The van der Waals surface area contributed by atoms with Gasteiger partial charge in [0.25, 0.3) is 11.8 Å². The molecule has 0 spiro atoms. The second-order valence-electron chi connectivity index (χ2n) is 7.20. The lowest BCUT2D eigenvalue weighted by Crippen LogP contribution is -2.38. The van der Waals surface area contributed by atoms with Crippen LogP contribution in [0.1, 0.15) is 56.2 Å². The van der Waals surface area contributed by atoms with Crippen molar-refractivity contribution in [3.05, 3.63) is 70.3 Å². The van der Waals surface area contributed by atoms with E-state index in [1.54, 1.807) is 36.4 Å². The van der Waals surface area contributed by atoms with E-state index in [1.165, 1.54) is 5.56 Å². The minimum absolute atomic E-state index is 0.0477. The Morgan fingerprint density at radius 1 is 1.17 bits per heavy atom. The molecule has 1 saturated heterocycles. The summed E-state index contributed by atoms with van der Waals surface area (Å²) in [4.78, 5) is 26.6. The number of benzene rings is 2. The van der Waals surface area contributed by atoms with Crippen molar-refractivity contribution in [2.24, 2.45) is 5.73 Å². The number of nitriles is 1. The summed E-state index contributed by atoms with van der Waals surface area (Å²) in [6.07, 6.45) is 1.67. The molecule has 1 aliphatic heterocycles. The Bertz CT molecular complexity index is 1000. The molecule has 0 unspecified atom stereocenters. The smallest absolute Gasteiger partial charge is 0.257 e. The Morgan fingerprint density at radius 2 is 1.90 bits per heavy atom. The maximum atomic E-state index is 12.7. The van der Waals surface area contributed by atoms with Crippen LogP contribution in [0.4, 0.5) is 0 Å². The van der Waals surface area contributed by atoms with Crippen LogP contribution in [0.15, 0.2) is 42.5 Å². The van der Waals surface area contributed by atoms with E-state index in [0.29, 0.717) is 35.7 Å². The van der Waals surface area contributed by atoms with Crippen molar-refractivity contribution >= 4 is 17.8 Å². The fourth-order valence-electron chi connectivity index (χ4n) is 3.77. The molecule has 1 heterocycles. The van der Waals surface area contributed by atoms with E-state index in [4.69, 9.17) is 16.4 Å². The van der Waals surface area contributed by atoms with Gasteiger partial charge >= 0.3 is 0 Å². The van der Waals surface area contributed by atoms with Crippen molar-refractivity contribution in [2.75, 3.05) is 13.1 Å². The maximum absolute atomic E-state index is 12.7. The van der Waals surface area contributed by atoms with E-state index in [0.717, 1.165) is 18.4 Å². The predicted octanol–water partition coefficient (Wildman–Crippen LogP) is 2.51. The van der Waals surface area contributed by atoms with E-state index < -0.39 is 5.91 Å². The highest BCUT2D eigenvalue weighted by atomic mass is 16.2. The number of carbonyl (C=O) groups is 2. The molecule has 2 aromatic carbocycles. The highest BCUT2D eigenvalue weighted by Crippen LogP contribution is 2.31. The normalized spacial score (nSPS) is 14.1. The quantitative estimate of drug-likeness (QED) is 0.551. The summed E-state index contributed by atoms with van der Waals surface area (Å²) in [6, 6.07) is 14.3. The van der Waals surface area contributed by atoms with E-state index in [2.05, 4.69) is 11.4 Å². The molecule has 3 rings (SSSR count). The number of amides is 2. The molecular weight excluding hydrogens is 366 g/mol. The number of guanidine groups is 1. The van der Waals surface area contributed by atoms with Crippen molar-refractivity contribution in [3.8, 4) is 6.07 Å². The molecule has 2 amide bonds. The number of carbonyl (C=O) groups excluding carboxylic acids is 2. The summed E-state index contributed by atoms with van der Waals surface area (Å²) in [7, 11) is 0. The number of nitrogens with zero attached hydrogens (tertiary/aromatic N) is 2. The summed E-state index contributed by atoms with van der Waals surface area (Å²) < 4.78 is 0. The first kappa shape index (κ1) is 20.1. The van der Waals surface area contributed by atoms with Crippen molar-refractivity contribution in [1.82, 2.24) is 10.2 Å². The summed E-state index contributed by atoms with van der Waals surface area (Å²) in [5.41, 5.74) is 8.88. The van der Waals surface area contributed by atoms with E-state index in [9.17, 15) is 9.59 Å². The highest BCUT2D eigenvalue weighted by molar-refractivity contribution is 6.04. The Kier molecular flexibility index (Phi) is 5.93. The van der Waals surface area contributed by atoms with Crippen molar-refractivity contribution in [2.45, 2.75) is 25.7 Å². The van der Waals surface area contributed by atoms with Crippen LogP contribution in [0.2, 0.25) is 0 Å². The van der Waals surface area contributed by atoms with Crippen molar-refractivity contribution < 1.29 is 9.59 Å². The maximum Gasteiger partial charge on any atom is 0.257 e. The molecule has 7 heteroatoms. The summed E-state index contributed by atoms with van der Waals surface area (Å²) >= 11 is 0. The summed E-state index contributed by atoms with van der Waals surface area (Å²) in [6.45, 7) is 3.25. The van der Waals surface area contributed by atoms with E-state index in [1.807, 2.05) is 17.9 Å². The van der Waals surface area contributed by atoms with Crippen LogP contribution in [-0.2, 0) is 0 Å². The van der Waals surface area contributed by atoms with Crippen LogP contribution in [-0.4, -0.2) is 35.8 Å². The molecule has 7 nitrogen and oxygen atoms in total. The molecular formula is C22H23N5O2. The Hall–Kier alpha value is -3.66. The van der Waals surface area contributed by atoms with Gasteiger partial charge in [0.05, 0.1) is 11.6 Å². The van der Waals surface area contributed by atoms with Crippen LogP contribution in [0.3, 0.4) is 0 Å². The third-order valence-electron chi connectivity index (χ3n) is 5.24. The van der Waals surface area contributed by atoms with Gasteiger partial charge in [-0.05, 0) is 67.1 Å². The van der Waals surface area contributed by atoms with Gasteiger partial charge < -0.3 is 10.6 Å². The first-order valence-electron chi connectivity index (χ1n) is 9.44. The fourth-order valence-corrected chi connectivity index (χ4v) is 3.77. The van der Waals surface area contributed by atoms with Gasteiger partial charge in [-0.15, -0.1) is 0 Å². The van der Waals surface area contributed by atoms with Gasteiger partial charge in [0.15, 0.2) is 5.96 Å². The van der Waals surface area contributed by atoms with Crippen LogP contribution in [0.5, 0.6) is 0 Å². The second-order valence-corrected chi connectivity index (χ2v) is 7.20. The van der Waals surface area contributed by atoms with Gasteiger partial charge in [0, 0.05) is 24.2 Å². The third kappa shape index (κ3) is 4.61. The average Bonchev–Trinajstić information content (AvgIpc) is 2.73. The van der Waals surface area contributed by atoms with Crippen LogP contribution in [0, 0.1) is 23.7 Å². The molecule has 0 saturated carbocycles. The van der Waals surface area contributed by atoms with Crippen molar-refractivity contribution in [1.29, 1.82) is 10.7 Å². The zero-order valence-electron chi connectivity index (χ0n) is 16.2. The number of aryl methyl sites for hydroxylation is 1. The Morgan fingerprint density at radius 3 is 2.52 bits per heavy atom. The minimum Gasteiger partial charge on any atom is -0.370 e. The molecule has 1 fully saturated rings. The van der Waals surface area contributed by atoms with E-state index >= 15 is 0 Å². The van der Waals surface area contributed by atoms with Gasteiger partial charge in [-0.3, -0.25) is 20.3 Å². The lowest BCUT2D eigenvalue weighted by Gasteiger charge is -2.33. The molecule has 29 heavy (non-hydrogen) atoms. The third-order valence-corrected chi connectivity index (χ3v) is 5.24. The number of hydrogen-bond acceptors (Lipinski definition) is 4. The summed E-state index contributed by atoms with van der Waals surface area (Å²) in [5, 5.41) is 18.5. The predicted molar refractivity (Wildman–Crippen MR) is 110 cm³/mol. The molecule has 1 aliphatic rings. The average molecular weight is 389 g/mol. The van der Waals surface area contributed by atoms with Gasteiger partial charge in [-0.2, -0.15) is 5.26 Å². The topological polar surface area (TPSA) is 123 Å². The monoisotopic (exact) mass is 389 g/mol. The Labute approximate surface area is 169 Å². The number of likely N-dealkylation sites (tertiary alicyclic amines) is 1. The standard InChI is InChI=1S/C22H23N5O2/c1-14-11-17(20(28)26-22(24)25)5-6-19(14)16-7-9-27(10-8-16)21(29)18-4-2-3-15(12-18)13-23/h2-6,11-12,16H,7-10H2,1H3,(H4,24,25,26,28). The van der Waals surface area contributed by atoms with Crippen LogP contribution in [0.25, 0.3) is 0 Å². The highest BCUT2D eigenvalue weighted by Gasteiger charge is 2.25. The molecule has 0 aromatic heterocycles. The van der Waals surface area contributed by atoms with Gasteiger partial charge in [0.1, 0.15) is 0 Å². The minimum atomic E-state index is -0.396. The molecule has 0 radical (unpaired) electrons. The Balaban J connectivity index is 1.66. The number of piperidine rings is 1.